The smallest absolute Gasteiger partial charge is 0.306 e. The Labute approximate surface area is 461 Å². The van der Waals surface area contributed by atoms with Crippen molar-refractivity contribution in [3.8, 4) is 0 Å². The molecule has 0 saturated heterocycles. The third-order valence-electron chi connectivity index (χ3n) is 14.8. The van der Waals surface area contributed by atoms with Gasteiger partial charge in [-0.2, -0.15) is 0 Å². The van der Waals surface area contributed by atoms with Crippen molar-refractivity contribution in [3.05, 3.63) is 36.5 Å². The summed E-state index contributed by atoms with van der Waals surface area (Å²) in [5.74, 6) is -0.873. The van der Waals surface area contributed by atoms with Crippen molar-refractivity contribution < 1.29 is 28.6 Å². The first-order valence-corrected chi connectivity index (χ1v) is 33.0. The highest BCUT2D eigenvalue weighted by molar-refractivity contribution is 5.71. The lowest BCUT2D eigenvalue weighted by Gasteiger charge is -2.18. The van der Waals surface area contributed by atoms with Crippen molar-refractivity contribution in [1.29, 1.82) is 0 Å². The highest BCUT2D eigenvalue weighted by atomic mass is 16.6. The zero-order chi connectivity index (χ0) is 53.6. The van der Waals surface area contributed by atoms with Gasteiger partial charge in [0.15, 0.2) is 6.10 Å². The zero-order valence-electron chi connectivity index (χ0n) is 49.9. The zero-order valence-corrected chi connectivity index (χ0v) is 49.9. The summed E-state index contributed by atoms with van der Waals surface area (Å²) in [6.45, 7) is 6.64. The number of hydrogen-bond donors (Lipinski definition) is 0. The standard InChI is InChI=1S/C68H126O6/c1-4-7-10-13-16-19-22-24-26-28-29-30-31-32-33-34-35-36-37-38-39-40-42-43-46-49-52-55-58-61-67(70)73-64-65(63-72-66(69)60-57-54-51-48-45-21-18-15-12-9-6-3)74-68(71)62-59-56-53-50-47-44-41-27-25-23-20-17-14-11-8-5-2/h15,18,27-29,41,65H,4-14,16-17,19-26,30-40,42-64H2,1-3H3/b18-15-,29-28-,41-27-. The second-order valence-electron chi connectivity index (χ2n) is 22.4. The molecule has 0 radical (unpaired) electrons. The first-order valence-electron chi connectivity index (χ1n) is 33.0. The van der Waals surface area contributed by atoms with Gasteiger partial charge in [-0.1, -0.05) is 288 Å². The average molecular weight is 1040 g/mol. The second-order valence-corrected chi connectivity index (χ2v) is 22.4. The van der Waals surface area contributed by atoms with Gasteiger partial charge in [-0.3, -0.25) is 14.4 Å². The topological polar surface area (TPSA) is 78.9 Å². The molecule has 0 aromatic carbocycles. The molecule has 0 N–H and O–H groups in total. The summed E-state index contributed by atoms with van der Waals surface area (Å²) in [7, 11) is 0. The van der Waals surface area contributed by atoms with E-state index >= 15 is 0 Å². The van der Waals surface area contributed by atoms with E-state index in [2.05, 4.69) is 57.2 Å². The molecule has 0 amide bonds. The maximum atomic E-state index is 12.9. The molecule has 0 rings (SSSR count). The van der Waals surface area contributed by atoms with Gasteiger partial charge >= 0.3 is 17.9 Å². The highest BCUT2D eigenvalue weighted by Crippen LogP contribution is 2.17. The molecule has 1 unspecified atom stereocenters. The summed E-state index contributed by atoms with van der Waals surface area (Å²) in [6.07, 6.45) is 77.5. The van der Waals surface area contributed by atoms with Crippen LogP contribution in [0.15, 0.2) is 36.5 Å². The lowest BCUT2D eigenvalue weighted by Crippen LogP contribution is -2.30. The van der Waals surface area contributed by atoms with Crippen molar-refractivity contribution in [3.63, 3.8) is 0 Å². The Kier molecular flexibility index (Phi) is 61.1. The van der Waals surface area contributed by atoms with Crippen LogP contribution in [0.25, 0.3) is 0 Å². The summed E-state index contributed by atoms with van der Waals surface area (Å²) in [5.41, 5.74) is 0. The molecule has 0 spiro atoms. The van der Waals surface area contributed by atoms with E-state index in [1.807, 2.05) is 0 Å². The molecule has 0 fully saturated rings. The molecule has 0 bridgehead atoms. The van der Waals surface area contributed by atoms with Gasteiger partial charge in [-0.15, -0.1) is 0 Å². The van der Waals surface area contributed by atoms with Gasteiger partial charge in [-0.25, -0.2) is 0 Å². The van der Waals surface area contributed by atoms with Gasteiger partial charge in [-0.05, 0) is 89.9 Å². The van der Waals surface area contributed by atoms with E-state index in [1.165, 1.54) is 250 Å². The van der Waals surface area contributed by atoms with Crippen LogP contribution in [0.3, 0.4) is 0 Å². The number of carbonyl (C=O) groups is 3. The van der Waals surface area contributed by atoms with Crippen LogP contribution in [-0.4, -0.2) is 37.2 Å². The third kappa shape index (κ3) is 60.5. The summed E-state index contributed by atoms with van der Waals surface area (Å²) in [4.78, 5) is 38.2. The first kappa shape index (κ1) is 71.6. The fraction of sp³-hybridized carbons (Fsp3) is 0.868. The highest BCUT2D eigenvalue weighted by Gasteiger charge is 2.19. The molecule has 434 valence electrons. The monoisotopic (exact) mass is 1040 g/mol. The molecular weight excluding hydrogens is 913 g/mol. The maximum Gasteiger partial charge on any atom is 0.306 e. The second kappa shape index (κ2) is 63.2. The van der Waals surface area contributed by atoms with Gasteiger partial charge in [0, 0.05) is 19.3 Å². The number of esters is 3. The van der Waals surface area contributed by atoms with Crippen LogP contribution < -0.4 is 0 Å². The number of allylic oxidation sites excluding steroid dienone is 6. The van der Waals surface area contributed by atoms with Crippen molar-refractivity contribution in [2.75, 3.05) is 13.2 Å². The molecule has 1 atom stereocenters. The number of ether oxygens (including phenoxy) is 3. The molecule has 0 aliphatic heterocycles. The number of hydrogen-bond acceptors (Lipinski definition) is 6. The lowest BCUT2D eigenvalue weighted by atomic mass is 10.0. The lowest BCUT2D eigenvalue weighted by molar-refractivity contribution is -0.167. The van der Waals surface area contributed by atoms with Crippen molar-refractivity contribution in [2.24, 2.45) is 0 Å². The maximum absolute atomic E-state index is 12.9. The van der Waals surface area contributed by atoms with E-state index < -0.39 is 6.10 Å². The number of rotatable bonds is 61. The fourth-order valence-electron chi connectivity index (χ4n) is 9.83. The molecule has 74 heavy (non-hydrogen) atoms. The predicted molar refractivity (Wildman–Crippen MR) is 321 cm³/mol. The van der Waals surface area contributed by atoms with Crippen LogP contribution in [0.5, 0.6) is 0 Å². The van der Waals surface area contributed by atoms with Gasteiger partial charge in [0.2, 0.25) is 0 Å². The van der Waals surface area contributed by atoms with Crippen molar-refractivity contribution >= 4 is 17.9 Å². The van der Waals surface area contributed by atoms with Gasteiger partial charge in [0.25, 0.3) is 0 Å². The van der Waals surface area contributed by atoms with Crippen molar-refractivity contribution in [2.45, 2.75) is 367 Å². The normalized spacial score (nSPS) is 12.2. The van der Waals surface area contributed by atoms with Crippen LogP contribution in [-0.2, 0) is 28.6 Å². The minimum atomic E-state index is -0.777. The van der Waals surface area contributed by atoms with Gasteiger partial charge in [0.1, 0.15) is 13.2 Å². The minimum absolute atomic E-state index is 0.0744. The molecule has 6 heteroatoms. The molecule has 0 aromatic heterocycles. The van der Waals surface area contributed by atoms with Crippen LogP contribution in [0.2, 0.25) is 0 Å². The first-order chi connectivity index (χ1) is 36.5. The fourth-order valence-corrected chi connectivity index (χ4v) is 9.83. The quantitative estimate of drug-likeness (QED) is 0.0261. The Hall–Kier alpha value is -2.37. The van der Waals surface area contributed by atoms with E-state index in [4.69, 9.17) is 14.2 Å². The van der Waals surface area contributed by atoms with E-state index in [0.29, 0.717) is 19.3 Å². The SMILES string of the molecule is CCCC/C=C\CCCCCCCC(=O)OCC(COC(=O)CCCCCCCCCCCCCCCCCCC/C=C\CCCCCCCCCC)OC(=O)CCCCCCC/C=C\CCCCCCCCC. The molecule has 0 saturated carbocycles. The number of carbonyl (C=O) groups excluding carboxylic acids is 3. The van der Waals surface area contributed by atoms with E-state index in [0.717, 1.165) is 70.6 Å². The van der Waals surface area contributed by atoms with Crippen LogP contribution in [0.1, 0.15) is 361 Å². The third-order valence-corrected chi connectivity index (χ3v) is 14.8. The largest absolute Gasteiger partial charge is 0.462 e. The van der Waals surface area contributed by atoms with Crippen molar-refractivity contribution in [1.82, 2.24) is 0 Å². The van der Waals surface area contributed by atoms with Gasteiger partial charge < -0.3 is 14.2 Å². The Morgan fingerprint density at radius 1 is 0.257 bits per heavy atom. The predicted octanol–water partition coefficient (Wildman–Crippen LogP) is 22.4. The van der Waals surface area contributed by atoms with E-state index in [9.17, 15) is 14.4 Å². The van der Waals surface area contributed by atoms with Crippen LogP contribution in [0.4, 0.5) is 0 Å². The molecular formula is C68H126O6. The van der Waals surface area contributed by atoms with Gasteiger partial charge in [0.05, 0.1) is 0 Å². The summed E-state index contributed by atoms with van der Waals surface area (Å²) < 4.78 is 16.9. The summed E-state index contributed by atoms with van der Waals surface area (Å²) >= 11 is 0. The summed E-state index contributed by atoms with van der Waals surface area (Å²) in [5, 5.41) is 0. The molecule has 0 heterocycles. The van der Waals surface area contributed by atoms with E-state index in [1.54, 1.807) is 0 Å². The Bertz CT molecular complexity index is 1240. The molecule has 0 aromatic rings. The Morgan fingerprint density at radius 3 is 0.716 bits per heavy atom. The van der Waals surface area contributed by atoms with Crippen LogP contribution >= 0.6 is 0 Å². The van der Waals surface area contributed by atoms with E-state index in [-0.39, 0.29) is 31.1 Å². The number of unbranched alkanes of at least 4 members (excludes halogenated alkanes) is 44. The molecule has 0 aliphatic rings. The molecule has 6 nitrogen and oxygen atoms in total. The summed E-state index contributed by atoms with van der Waals surface area (Å²) in [6, 6.07) is 0. The Morgan fingerprint density at radius 2 is 0.459 bits per heavy atom. The average Bonchev–Trinajstić information content (AvgIpc) is 3.40. The minimum Gasteiger partial charge on any atom is -0.462 e. The Balaban J connectivity index is 4.13. The van der Waals surface area contributed by atoms with Crippen LogP contribution in [0, 0.1) is 0 Å². The molecule has 0 aliphatic carbocycles.